The van der Waals surface area contributed by atoms with Crippen LogP contribution in [0, 0.1) is 5.41 Å². The largest absolute Gasteiger partial charge is 0.508 e. The number of hydrogen-bond acceptors (Lipinski definition) is 4. The van der Waals surface area contributed by atoms with E-state index in [0.29, 0.717) is 24.3 Å². The minimum atomic E-state index is -0.800. The van der Waals surface area contributed by atoms with E-state index in [-0.39, 0.29) is 5.75 Å². The summed E-state index contributed by atoms with van der Waals surface area (Å²) >= 11 is 6.45. The smallest absolute Gasteiger partial charge is 0.115 e. The van der Waals surface area contributed by atoms with E-state index in [1.165, 1.54) is 0 Å². The predicted molar refractivity (Wildman–Crippen MR) is 109 cm³/mol. The molecule has 5 atom stereocenters. The van der Waals surface area contributed by atoms with Crippen LogP contribution in [0.1, 0.15) is 49.3 Å². The van der Waals surface area contributed by atoms with Crippen molar-refractivity contribution in [2.45, 2.75) is 62.8 Å². The van der Waals surface area contributed by atoms with E-state index in [0.717, 1.165) is 29.5 Å². The third-order valence-electron chi connectivity index (χ3n) is 7.18. The van der Waals surface area contributed by atoms with Gasteiger partial charge in [0, 0.05) is 15.9 Å². The highest BCUT2D eigenvalue weighted by atomic mass is 35.5. The van der Waals surface area contributed by atoms with Crippen LogP contribution in [-0.4, -0.2) is 38.7 Å². The number of fused-ring (bicyclic) bond motifs is 2. The van der Waals surface area contributed by atoms with Crippen molar-refractivity contribution in [3.8, 4) is 5.75 Å². The number of hydrogen-bond donors (Lipinski definition) is 4. The molecule has 2 aliphatic rings. The summed E-state index contributed by atoms with van der Waals surface area (Å²) in [7, 11) is 0. The zero-order chi connectivity index (χ0) is 20.1. The molecular weight excluding hydrogens is 376 g/mol. The molecule has 4 nitrogen and oxygen atoms in total. The first kappa shape index (κ1) is 19.7. The van der Waals surface area contributed by atoms with Crippen molar-refractivity contribution in [1.29, 1.82) is 0 Å². The molecule has 2 aliphatic carbocycles. The van der Waals surface area contributed by atoms with Crippen molar-refractivity contribution in [3.63, 3.8) is 0 Å². The molecule has 2 aromatic rings. The summed E-state index contributed by atoms with van der Waals surface area (Å²) in [5, 5.41) is 42.9. The van der Waals surface area contributed by atoms with Crippen LogP contribution in [0.15, 0.2) is 42.5 Å². The molecule has 2 fully saturated rings. The van der Waals surface area contributed by atoms with Crippen LogP contribution in [0.5, 0.6) is 5.75 Å². The Kier molecular flexibility index (Phi) is 4.95. The number of aliphatic hydroxyl groups excluding tert-OH is 3. The molecule has 0 aromatic heterocycles. The van der Waals surface area contributed by atoms with Gasteiger partial charge in [-0.25, -0.2) is 0 Å². The van der Waals surface area contributed by atoms with Crippen LogP contribution in [0.25, 0.3) is 0 Å². The van der Waals surface area contributed by atoms with Gasteiger partial charge in [-0.1, -0.05) is 42.3 Å². The monoisotopic (exact) mass is 402 g/mol. The van der Waals surface area contributed by atoms with Gasteiger partial charge in [-0.3, -0.25) is 0 Å². The molecule has 0 radical (unpaired) electrons. The average Bonchev–Trinajstić information content (AvgIpc) is 2.78. The summed E-state index contributed by atoms with van der Waals surface area (Å²) < 4.78 is 0. The molecule has 2 saturated carbocycles. The van der Waals surface area contributed by atoms with Crippen molar-refractivity contribution in [2.24, 2.45) is 5.41 Å². The number of halogens is 1. The fraction of sp³-hybridized carbons (Fsp3) is 0.478. The SMILES string of the molecule is CC(O)C12CCCC(c3ccc(Cl)c(Cc4ccc(O)cc4)c3)(C(O)C1)C2O. The standard InChI is InChI=1S/C23H27ClO4/c1-14(25)22-9-2-10-23(21(22)28,20(27)13-22)17-5-8-19(24)16(12-17)11-15-3-6-18(26)7-4-15/h3-8,12,14,20-21,25-28H,2,9-11,13H2,1H3. The second-order valence-electron chi connectivity index (χ2n) is 8.57. The van der Waals surface area contributed by atoms with Crippen LogP contribution in [-0.2, 0) is 11.8 Å². The summed E-state index contributed by atoms with van der Waals surface area (Å²) in [6.45, 7) is 1.72. The second kappa shape index (κ2) is 7.03. The van der Waals surface area contributed by atoms with Crippen molar-refractivity contribution in [3.05, 3.63) is 64.2 Å². The lowest BCUT2D eigenvalue weighted by atomic mass is 9.61. The van der Waals surface area contributed by atoms with Crippen molar-refractivity contribution < 1.29 is 20.4 Å². The Hall–Kier alpha value is -1.59. The first-order chi connectivity index (χ1) is 13.3. The molecule has 0 amide bonds. The van der Waals surface area contributed by atoms with Crippen LogP contribution in [0.2, 0.25) is 5.02 Å². The fourth-order valence-electron chi connectivity index (χ4n) is 5.54. The third kappa shape index (κ3) is 2.86. The molecule has 5 heteroatoms. The summed E-state index contributed by atoms with van der Waals surface area (Å²) in [6, 6.07) is 12.7. The lowest BCUT2D eigenvalue weighted by Crippen LogP contribution is -2.53. The Balaban J connectivity index is 1.74. The highest BCUT2D eigenvalue weighted by Crippen LogP contribution is 2.60. The summed E-state index contributed by atoms with van der Waals surface area (Å²) in [4.78, 5) is 0. The van der Waals surface area contributed by atoms with Crippen LogP contribution in [0.4, 0.5) is 0 Å². The second-order valence-corrected chi connectivity index (χ2v) is 8.98. The molecule has 0 heterocycles. The van der Waals surface area contributed by atoms with Gasteiger partial charge in [-0.15, -0.1) is 0 Å². The highest BCUT2D eigenvalue weighted by Gasteiger charge is 2.65. The number of aliphatic hydroxyl groups is 3. The molecule has 4 rings (SSSR count). The van der Waals surface area contributed by atoms with Crippen molar-refractivity contribution in [2.75, 3.05) is 0 Å². The lowest BCUT2D eigenvalue weighted by Gasteiger charge is -2.46. The average molecular weight is 403 g/mol. The van der Waals surface area contributed by atoms with Crippen LogP contribution < -0.4 is 0 Å². The highest BCUT2D eigenvalue weighted by molar-refractivity contribution is 6.31. The molecule has 4 N–H and O–H groups in total. The van der Waals surface area contributed by atoms with Crippen molar-refractivity contribution in [1.82, 2.24) is 0 Å². The minimum absolute atomic E-state index is 0.219. The van der Waals surface area contributed by atoms with E-state index in [2.05, 4.69) is 0 Å². The number of phenolic OH excluding ortho intramolecular Hbond substituents is 1. The summed E-state index contributed by atoms with van der Waals surface area (Å²) in [6.07, 6.45) is 1.08. The van der Waals surface area contributed by atoms with Gasteiger partial charge in [-0.2, -0.15) is 0 Å². The minimum Gasteiger partial charge on any atom is -0.508 e. The van der Waals surface area contributed by atoms with Gasteiger partial charge in [0.15, 0.2) is 0 Å². The van der Waals surface area contributed by atoms with Gasteiger partial charge in [0.25, 0.3) is 0 Å². The topological polar surface area (TPSA) is 80.9 Å². The van der Waals surface area contributed by atoms with Crippen molar-refractivity contribution >= 4 is 11.6 Å². The predicted octanol–water partition coefficient (Wildman–Crippen LogP) is 3.55. The zero-order valence-electron chi connectivity index (χ0n) is 16.0. The molecule has 28 heavy (non-hydrogen) atoms. The molecule has 0 aliphatic heterocycles. The molecule has 150 valence electrons. The number of benzene rings is 2. The first-order valence-electron chi connectivity index (χ1n) is 9.90. The van der Waals surface area contributed by atoms with Gasteiger partial charge in [0.2, 0.25) is 0 Å². The molecule has 0 saturated heterocycles. The maximum absolute atomic E-state index is 11.3. The van der Waals surface area contributed by atoms with Gasteiger partial charge in [0.1, 0.15) is 5.75 Å². The van der Waals surface area contributed by atoms with Crippen LogP contribution in [0.3, 0.4) is 0 Å². The third-order valence-corrected chi connectivity index (χ3v) is 7.55. The Morgan fingerprint density at radius 1 is 1.11 bits per heavy atom. The van der Waals surface area contributed by atoms with E-state index < -0.39 is 29.1 Å². The van der Waals surface area contributed by atoms with E-state index >= 15 is 0 Å². The normalized spacial score (nSPS) is 33.0. The summed E-state index contributed by atoms with van der Waals surface area (Å²) in [5.74, 6) is 0.219. The van der Waals surface area contributed by atoms with Gasteiger partial charge in [-0.05, 0) is 67.5 Å². The quantitative estimate of drug-likeness (QED) is 0.630. The molecule has 0 spiro atoms. The first-order valence-corrected chi connectivity index (χ1v) is 10.3. The fourth-order valence-corrected chi connectivity index (χ4v) is 5.72. The Morgan fingerprint density at radius 3 is 2.50 bits per heavy atom. The number of aromatic hydroxyl groups is 1. The van der Waals surface area contributed by atoms with Gasteiger partial charge >= 0.3 is 0 Å². The number of phenols is 1. The Labute approximate surface area is 170 Å². The molecule has 2 aromatic carbocycles. The lowest BCUT2D eigenvalue weighted by molar-refractivity contribution is -0.0913. The van der Waals surface area contributed by atoms with E-state index in [9.17, 15) is 20.4 Å². The van der Waals surface area contributed by atoms with E-state index in [1.54, 1.807) is 19.1 Å². The Bertz CT molecular complexity index is 865. The van der Waals surface area contributed by atoms with E-state index in [4.69, 9.17) is 11.6 Å². The maximum atomic E-state index is 11.3. The summed E-state index contributed by atoms with van der Waals surface area (Å²) in [5.41, 5.74) is 1.38. The Morgan fingerprint density at radius 2 is 1.82 bits per heavy atom. The van der Waals surface area contributed by atoms with E-state index in [1.807, 2.05) is 30.3 Å². The maximum Gasteiger partial charge on any atom is 0.115 e. The molecule has 2 bridgehead atoms. The molecule has 5 unspecified atom stereocenters. The van der Waals surface area contributed by atoms with Gasteiger partial charge < -0.3 is 20.4 Å². The molecular formula is C23H27ClO4. The number of rotatable bonds is 4. The van der Waals surface area contributed by atoms with Gasteiger partial charge in [0.05, 0.1) is 18.3 Å². The van der Waals surface area contributed by atoms with Crippen LogP contribution >= 0.6 is 11.6 Å². The zero-order valence-corrected chi connectivity index (χ0v) is 16.7.